The van der Waals surface area contributed by atoms with Crippen molar-refractivity contribution in [2.75, 3.05) is 32.7 Å². The molecule has 0 aliphatic heterocycles. The largest absolute Gasteiger partial charge is 0.383 e. The van der Waals surface area contributed by atoms with E-state index >= 15 is 0 Å². The average molecular weight is 292 g/mol. The normalized spacial score (nSPS) is 10.5. The summed E-state index contributed by atoms with van der Waals surface area (Å²) in [6, 6.07) is 3.53. The van der Waals surface area contributed by atoms with E-state index in [-0.39, 0.29) is 23.8 Å². The first-order valence-corrected chi connectivity index (χ1v) is 6.39. The highest BCUT2D eigenvalue weighted by atomic mass is 35.5. The Morgan fingerprint density at radius 3 is 2.47 bits per heavy atom. The number of carbonyl (C=O) groups excluding carboxylic acids is 1. The summed E-state index contributed by atoms with van der Waals surface area (Å²) in [6.45, 7) is 1.01. The molecule has 1 aromatic carbocycles. The third-order valence-corrected chi connectivity index (χ3v) is 2.83. The summed E-state index contributed by atoms with van der Waals surface area (Å²) in [5.74, 6) is -1.55. The van der Waals surface area contributed by atoms with Crippen LogP contribution in [0.2, 0.25) is 0 Å². The molecule has 0 spiro atoms. The summed E-state index contributed by atoms with van der Waals surface area (Å²) in [4.78, 5) is 13.4. The molecule has 0 radical (unpaired) electrons. The Morgan fingerprint density at radius 1 is 1.32 bits per heavy atom. The molecule has 0 N–H and O–H groups in total. The second-order valence-corrected chi connectivity index (χ2v) is 4.32. The molecule has 0 saturated carbocycles. The molecule has 1 rings (SSSR count). The predicted molar refractivity (Wildman–Crippen MR) is 69.2 cm³/mol. The van der Waals surface area contributed by atoms with Gasteiger partial charge in [0.1, 0.15) is 11.6 Å². The molecule has 106 valence electrons. The first kappa shape index (κ1) is 15.9. The fourth-order valence-corrected chi connectivity index (χ4v) is 1.83. The molecule has 0 fully saturated rings. The van der Waals surface area contributed by atoms with E-state index in [0.29, 0.717) is 19.7 Å². The number of nitrogens with zero attached hydrogens (tertiary/aromatic N) is 1. The number of benzene rings is 1. The fourth-order valence-electron chi connectivity index (χ4n) is 1.63. The van der Waals surface area contributed by atoms with E-state index in [2.05, 4.69) is 0 Å². The lowest BCUT2D eigenvalue weighted by Crippen LogP contribution is -2.36. The molecular formula is C13H16ClF2NO2. The van der Waals surface area contributed by atoms with Crippen molar-refractivity contribution in [1.29, 1.82) is 0 Å². The van der Waals surface area contributed by atoms with Gasteiger partial charge in [0.2, 0.25) is 5.91 Å². The van der Waals surface area contributed by atoms with Crippen LogP contribution in [-0.4, -0.2) is 43.5 Å². The smallest absolute Gasteiger partial charge is 0.227 e. The van der Waals surface area contributed by atoms with Gasteiger partial charge in [0.25, 0.3) is 0 Å². The molecule has 3 nitrogen and oxygen atoms in total. The lowest BCUT2D eigenvalue weighted by Gasteiger charge is -2.21. The van der Waals surface area contributed by atoms with Crippen LogP contribution in [0, 0.1) is 11.6 Å². The maximum absolute atomic E-state index is 13.5. The predicted octanol–water partition coefficient (Wildman–Crippen LogP) is 2.22. The highest BCUT2D eigenvalue weighted by Crippen LogP contribution is 2.13. The molecule has 0 bridgehead atoms. The first-order chi connectivity index (χ1) is 9.10. The van der Waals surface area contributed by atoms with Crippen LogP contribution in [-0.2, 0) is 16.0 Å². The van der Waals surface area contributed by atoms with Gasteiger partial charge in [-0.05, 0) is 12.1 Å². The summed E-state index contributed by atoms with van der Waals surface area (Å²) in [6.07, 6.45) is -0.320. The molecule has 1 amide bonds. The van der Waals surface area contributed by atoms with E-state index in [0.717, 1.165) is 12.1 Å². The van der Waals surface area contributed by atoms with E-state index in [1.807, 2.05) is 0 Å². The van der Waals surface area contributed by atoms with Crippen molar-refractivity contribution >= 4 is 17.5 Å². The number of amides is 1. The van der Waals surface area contributed by atoms with Gasteiger partial charge in [-0.25, -0.2) is 8.78 Å². The van der Waals surface area contributed by atoms with Crippen molar-refractivity contribution in [2.24, 2.45) is 0 Å². The minimum Gasteiger partial charge on any atom is -0.383 e. The number of halogens is 3. The number of carbonyl (C=O) groups is 1. The minimum absolute atomic E-state index is 0.218. The van der Waals surface area contributed by atoms with Gasteiger partial charge in [-0.2, -0.15) is 0 Å². The molecule has 19 heavy (non-hydrogen) atoms. The number of rotatable bonds is 7. The van der Waals surface area contributed by atoms with Gasteiger partial charge >= 0.3 is 0 Å². The Balaban J connectivity index is 2.75. The van der Waals surface area contributed by atoms with Gasteiger partial charge in [-0.3, -0.25) is 4.79 Å². The summed E-state index contributed by atoms with van der Waals surface area (Å²) in [5.41, 5.74) is -0.218. The SMILES string of the molecule is COCCN(CCCl)C(=O)Cc1c(F)cccc1F. The molecule has 0 saturated heterocycles. The zero-order valence-electron chi connectivity index (χ0n) is 10.7. The van der Waals surface area contributed by atoms with Crippen LogP contribution in [0.1, 0.15) is 5.56 Å². The zero-order valence-corrected chi connectivity index (χ0v) is 11.4. The molecule has 0 atom stereocenters. The van der Waals surface area contributed by atoms with Gasteiger partial charge in [-0.15, -0.1) is 11.6 Å². The highest BCUT2D eigenvalue weighted by molar-refractivity contribution is 6.18. The van der Waals surface area contributed by atoms with E-state index in [1.165, 1.54) is 18.1 Å². The Bertz CT molecular complexity index is 409. The van der Waals surface area contributed by atoms with E-state index in [9.17, 15) is 13.6 Å². The third kappa shape index (κ3) is 4.76. The average Bonchev–Trinajstić information content (AvgIpc) is 2.38. The van der Waals surface area contributed by atoms with E-state index in [4.69, 9.17) is 16.3 Å². The fraction of sp³-hybridized carbons (Fsp3) is 0.462. The number of alkyl halides is 1. The Morgan fingerprint density at radius 2 is 1.95 bits per heavy atom. The molecule has 1 aromatic rings. The van der Waals surface area contributed by atoms with Crippen molar-refractivity contribution in [2.45, 2.75) is 6.42 Å². The monoisotopic (exact) mass is 291 g/mol. The summed E-state index contributed by atoms with van der Waals surface area (Å²) in [5, 5.41) is 0. The van der Waals surface area contributed by atoms with Crippen LogP contribution in [0.3, 0.4) is 0 Å². The summed E-state index contributed by atoms with van der Waals surface area (Å²) in [7, 11) is 1.51. The van der Waals surface area contributed by atoms with Crippen molar-refractivity contribution < 1.29 is 18.3 Å². The lowest BCUT2D eigenvalue weighted by molar-refractivity contribution is -0.130. The van der Waals surface area contributed by atoms with Crippen molar-refractivity contribution in [1.82, 2.24) is 4.90 Å². The molecule has 0 heterocycles. The maximum Gasteiger partial charge on any atom is 0.227 e. The number of methoxy groups -OCH3 is 1. The maximum atomic E-state index is 13.5. The number of hydrogen-bond acceptors (Lipinski definition) is 2. The van der Waals surface area contributed by atoms with E-state index < -0.39 is 11.6 Å². The quantitative estimate of drug-likeness (QED) is 0.721. The van der Waals surface area contributed by atoms with Gasteiger partial charge < -0.3 is 9.64 Å². The van der Waals surface area contributed by atoms with Crippen LogP contribution >= 0.6 is 11.6 Å². The van der Waals surface area contributed by atoms with E-state index in [1.54, 1.807) is 0 Å². The molecule has 6 heteroatoms. The van der Waals surface area contributed by atoms with Crippen molar-refractivity contribution in [3.8, 4) is 0 Å². The summed E-state index contributed by atoms with van der Waals surface area (Å²) >= 11 is 5.60. The van der Waals surface area contributed by atoms with Crippen LogP contribution in [0.25, 0.3) is 0 Å². The molecule has 0 aliphatic rings. The minimum atomic E-state index is -0.717. The molecule has 0 aliphatic carbocycles. The van der Waals surface area contributed by atoms with Crippen LogP contribution in [0.4, 0.5) is 8.78 Å². The third-order valence-electron chi connectivity index (χ3n) is 2.66. The number of ether oxygens (including phenoxy) is 1. The Hall–Kier alpha value is -1.20. The zero-order chi connectivity index (χ0) is 14.3. The van der Waals surface area contributed by atoms with Crippen molar-refractivity contribution in [3.05, 3.63) is 35.4 Å². The molecule has 0 aromatic heterocycles. The molecular weight excluding hydrogens is 276 g/mol. The van der Waals surface area contributed by atoms with Gasteiger partial charge in [0.05, 0.1) is 13.0 Å². The van der Waals surface area contributed by atoms with Crippen molar-refractivity contribution in [3.63, 3.8) is 0 Å². The second-order valence-electron chi connectivity index (χ2n) is 3.94. The Labute approximate surface area is 116 Å². The van der Waals surface area contributed by atoms with Crippen LogP contribution in [0.15, 0.2) is 18.2 Å². The van der Waals surface area contributed by atoms with Gasteiger partial charge in [0, 0.05) is 31.6 Å². The topological polar surface area (TPSA) is 29.5 Å². The van der Waals surface area contributed by atoms with Crippen LogP contribution < -0.4 is 0 Å². The second kappa shape index (κ2) is 8.07. The van der Waals surface area contributed by atoms with Crippen LogP contribution in [0.5, 0.6) is 0 Å². The molecule has 0 unspecified atom stereocenters. The van der Waals surface area contributed by atoms with Gasteiger partial charge in [0.15, 0.2) is 0 Å². The number of hydrogen-bond donors (Lipinski definition) is 0. The van der Waals surface area contributed by atoms with Gasteiger partial charge in [-0.1, -0.05) is 6.07 Å². The first-order valence-electron chi connectivity index (χ1n) is 5.85. The standard InChI is InChI=1S/C13H16ClF2NO2/c1-19-8-7-17(6-5-14)13(18)9-10-11(15)3-2-4-12(10)16/h2-4H,5-9H2,1H3. The highest BCUT2D eigenvalue weighted by Gasteiger charge is 2.18. The Kier molecular flexibility index (Phi) is 6.73. The summed E-state index contributed by atoms with van der Waals surface area (Å²) < 4.78 is 31.8. The lowest BCUT2D eigenvalue weighted by atomic mass is 10.1.